The molecule has 1 aromatic heterocycles. The molecular weight excluding hydrogens is 310 g/mol. The van der Waals surface area contributed by atoms with E-state index in [9.17, 15) is 0 Å². The van der Waals surface area contributed by atoms with Crippen LogP contribution < -0.4 is 5.73 Å². The van der Waals surface area contributed by atoms with Crippen LogP contribution in [0.25, 0.3) is 0 Å². The average molecular weight is 321 g/mol. The highest BCUT2D eigenvalue weighted by molar-refractivity contribution is 9.11. The molecule has 0 spiro atoms. The lowest BCUT2D eigenvalue weighted by molar-refractivity contribution is 0.140. The molecule has 0 atom stereocenters. The molecule has 0 bridgehead atoms. The second-order valence-electron chi connectivity index (χ2n) is 3.54. The predicted molar refractivity (Wildman–Crippen MR) is 62.9 cm³/mol. The second-order valence-corrected chi connectivity index (χ2v) is 5.31. The summed E-state index contributed by atoms with van der Waals surface area (Å²) in [5.74, 6) is 0. The van der Waals surface area contributed by atoms with Crippen molar-refractivity contribution >= 4 is 31.9 Å². The molecule has 2 N–H and O–H groups in total. The Bertz CT molecular complexity index is 337. The maximum absolute atomic E-state index is 5.70. The number of hydrogen-bond donors (Lipinski definition) is 1. The Morgan fingerprint density at radius 3 is 2.79 bits per heavy atom. The molecule has 0 saturated carbocycles. The number of pyridine rings is 1. The first-order valence-electron chi connectivity index (χ1n) is 4.43. The molecule has 0 aliphatic carbocycles. The summed E-state index contributed by atoms with van der Waals surface area (Å²) in [6.07, 6.45) is 1.82. The van der Waals surface area contributed by atoms with E-state index in [0.29, 0.717) is 6.04 Å². The van der Waals surface area contributed by atoms with Crippen LogP contribution in [0.1, 0.15) is 5.69 Å². The van der Waals surface area contributed by atoms with Gasteiger partial charge in [-0.15, -0.1) is 0 Å². The topological polar surface area (TPSA) is 42.1 Å². The van der Waals surface area contributed by atoms with Crippen LogP contribution in [0.2, 0.25) is 0 Å². The third-order valence-electron chi connectivity index (χ3n) is 2.24. The van der Waals surface area contributed by atoms with Gasteiger partial charge in [0, 0.05) is 40.8 Å². The van der Waals surface area contributed by atoms with Gasteiger partial charge in [-0.2, -0.15) is 0 Å². The van der Waals surface area contributed by atoms with E-state index in [4.69, 9.17) is 5.73 Å². The minimum Gasteiger partial charge on any atom is -0.325 e. The number of halogens is 2. The predicted octanol–water partition coefficient (Wildman–Crippen LogP) is 1.75. The minimum absolute atomic E-state index is 0.351. The fourth-order valence-corrected chi connectivity index (χ4v) is 2.62. The standard InChI is InChI=1S/C9H11Br2N3/c10-6-1-8(11)9(13-2-6)5-14-3-7(12)4-14/h1-2,7H,3-5,12H2. The first-order chi connectivity index (χ1) is 6.65. The Kier molecular flexibility index (Phi) is 3.21. The van der Waals surface area contributed by atoms with Crippen LogP contribution >= 0.6 is 31.9 Å². The van der Waals surface area contributed by atoms with Crippen LogP contribution in [0.4, 0.5) is 0 Å². The van der Waals surface area contributed by atoms with E-state index < -0.39 is 0 Å². The lowest BCUT2D eigenvalue weighted by Crippen LogP contribution is -2.55. The molecule has 1 aliphatic rings. The molecule has 0 amide bonds. The molecule has 1 saturated heterocycles. The van der Waals surface area contributed by atoms with Crippen molar-refractivity contribution in [2.45, 2.75) is 12.6 Å². The van der Waals surface area contributed by atoms with Gasteiger partial charge in [0.1, 0.15) is 0 Å². The van der Waals surface area contributed by atoms with Gasteiger partial charge in [-0.25, -0.2) is 0 Å². The van der Waals surface area contributed by atoms with E-state index in [1.165, 1.54) is 0 Å². The summed E-state index contributed by atoms with van der Waals surface area (Å²) in [5, 5.41) is 0. The smallest absolute Gasteiger partial charge is 0.0686 e. The van der Waals surface area contributed by atoms with E-state index in [1.807, 2.05) is 12.3 Å². The largest absolute Gasteiger partial charge is 0.325 e. The van der Waals surface area contributed by atoms with Gasteiger partial charge in [0.2, 0.25) is 0 Å². The van der Waals surface area contributed by atoms with Crippen molar-refractivity contribution in [3.63, 3.8) is 0 Å². The van der Waals surface area contributed by atoms with Crippen molar-refractivity contribution in [2.24, 2.45) is 5.73 Å². The van der Waals surface area contributed by atoms with Gasteiger partial charge >= 0.3 is 0 Å². The van der Waals surface area contributed by atoms with E-state index in [1.54, 1.807) is 0 Å². The first-order valence-corrected chi connectivity index (χ1v) is 6.01. The van der Waals surface area contributed by atoms with E-state index in [0.717, 1.165) is 34.3 Å². The molecule has 76 valence electrons. The van der Waals surface area contributed by atoms with Crippen LogP contribution in [0.5, 0.6) is 0 Å². The molecule has 1 fully saturated rings. The zero-order valence-electron chi connectivity index (χ0n) is 7.58. The number of rotatable bonds is 2. The maximum Gasteiger partial charge on any atom is 0.0686 e. The zero-order chi connectivity index (χ0) is 10.1. The highest BCUT2D eigenvalue weighted by atomic mass is 79.9. The zero-order valence-corrected chi connectivity index (χ0v) is 10.8. The Labute approximate surface area is 99.9 Å². The minimum atomic E-state index is 0.351. The van der Waals surface area contributed by atoms with Crippen molar-refractivity contribution in [2.75, 3.05) is 13.1 Å². The lowest BCUT2D eigenvalue weighted by Gasteiger charge is -2.36. The quantitative estimate of drug-likeness (QED) is 0.902. The first kappa shape index (κ1) is 10.5. The Morgan fingerprint density at radius 1 is 1.50 bits per heavy atom. The van der Waals surface area contributed by atoms with Crippen molar-refractivity contribution in [3.8, 4) is 0 Å². The van der Waals surface area contributed by atoms with Gasteiger partial charge in [0.05, 0.1) is 5.69 Å². The summed E-state index contributed by atoms with van der Waals surface area (Å²) in [4.78, 5) is 6.63. The fraction of sp³-hybridized carbons (Fsp3) is 0.444. The van der Waals surface area contributed by atoms with Crippen molar-refractivity contribution in [3.05, 3.63) is 26.9 Å². The van der Waals surface area contributed by atoms with Crippen LogP contribution in [-0.2, 0) is 6.54 Å². The third-order valence-corrected chi connectivity index (χ3v) is 3.36. The number of aromatic nitrogens is 1. The maximum atomic E-state index is 5.70. The van der Waals surface area contributed by atoms with E-state index in [2.05, 4.69) is 41.7 Å². The van der Waals surface area contributed by atoms with Gasteiger partial charge in [-0.05, 0) is 37.9 Å². The van der Waals surface area contributed by atoms with Crippen LogP contribution in [0.15, 0.2) is 21.2 Å². The molecule has 1 aromatic rings. The number of nitrogens with zero attached hydrogens (tertiary/aromatic N) is 2. The summed E-state index contributed by atoms with van der Waals surface area (Å²) in [6, 6.07) is 2.37. The van der Waals surface area contributed by atoms with Crippen LogP contribution in [0.3, 0.4) is 0 Å². The molecular formula is C9H11Br2N3. The molecule has 0 radical (unpaired) electrons. The highest BCUT2D eigenvalue weighted by Crippen LogP contribution is 2.22. The third kappa shape index (κ3) is 2.34. The molecule has 2 rings (SSSR count). The average Bonchev–Trinajstić information content (AvgIpc) is 2.06. The van der Waals surface area contributed by atoms with E-state index >= 15 is 0 Å². The number of hydrogen-bond acceptors (Lipinski definition) is 3. The number of likely N-dealkylation sites (tertiary alicyclic amines) is 1. The molecule has 5 heteroatoms. The summed E-state index contributed by atoms with van der Waals surface area (Å²) in [5.41, 5.74) is 6.77. The summed E-state index contributed by atoms with van der Waals surface area (Å²) in [7, 11) is 0. The molecule has 0 aromatic carbocycles. The molecule has 1 aliphatic heterocycles. The van der Waals surface area contributed by atoms with Gasteiger partial charge in [-0.1, -0.05) is 0 Å². The fourth-order valence-electron chi connectivity index (χ4n) is 1.51. The lowest BCUT2D eigenvalue weighted by atomic mass is 10.1. The summed E-state index contributed by atoms with van der Waals surface area (Å²) < 4.78 is 2.04. The summed E-state index contributed by atoms with van der Waals surface area (Å²) >= 11 is 6.87. The molecule has 2 heterocycles. The van der Waals surface area contributed by atoms with Gasteiger partial charge in [0.15, 0.2) is 0 Å². The summed E-state index contributed by atoms with van der Waals surface area (Å²) in [6.45, 7) is 2.83. The number of nitrogens with two attached hydrogens (primary N) is 1. The van der Waals surface area contributed by atoms with Crippen molar-refractivity contribution < 1.29 is 0 Å². The molecule has 14 heavy (non-hydrogen) atoms. The van der Waals surface area contributed by atoms with Gasteiger partial charge < -0.3 is 5.73 Å². The molecule has 0 unspecified atom stereocenters. The molecule has 3 nitrogen and oxygen atoms in total. The second kappa shape index (κ2) is 4.26. The SMILES string of the molecule is NC1CN(Cc2ncc(Br)cc2Br)C1. The Balaban J connectivity index is 2.02. The van der Waals surface area contributed by atoms with Gasteiger partial charge in [-0.3, -0.25) is 9.88 Å². The van der Waals surface area contributed by atoms with Crippen molar-refractivity contribution in [1.82, 2.24) is 9.88 Å². The van der Waals surface area contributed by atoms with Crippen LogP contribution in [0, 0.1) is 0 Å². The van der Waals surface area contributed by atoms with E-state index in [-0.39, 0.29) is 0 Å². The monoisotopic (exact) mass is 319 g/mol. The van der Waals surface area contributed by atoms with Gasteiger partial charge in [0.25, 0.3) is 0 Å². The normalized spacial score (nSPS) is 18.2. The Morgan fingerprint density at radius 2 is 2.21 bits per heavy atom. The highest BCUT2D eigenvalue weighted by Gasteiger charge is 2.23. The van der Waals surface area contributed by atoms with Crippen LogP contribution in [-0.4, -0.2) is 29.0 Å². The Hall–Kier alpha value is 0.0300. The van der Waals surface area contributed by atoms with Crippen molar-refractivity contribution in [1.29, 1.82) is 0 Å².